The van der Waals surface area contributed by atoms with Crippen LogP contribution in [0.2, 0.25) is 0 Å². The van der Waals surface area contributed by atoms with Gasteiger partial charge in [0.25, 0.3) is 10.1 Å². The Morgan fingerprint density at radius 3 is 2.32 bits per heavy atom. The van der Waals surface area contributed by atoms with Crippen molar-refractivity contribution in [3.05, 3.63) is 65.7 Å². The van der Waals surface area contributed by atoms with E-state index in [1.54, 1.807) is 51.7 Å². The van der Waals surface area contributed by atoms with Crippen molar-refractivity contribution in [3.63, 3.8) is 0 Å². The minimum atomic E-state index is -3.97. The standard InChI is InChI=1S/C28H39NO7S/c1-20-13-15-23(16-14-20)37(31,32)35-17-21(2)25(33-18-22-11-9-8-10-12-22)24-19-34-28(6,7)29(24)26(30)36-27(3,4)5/h8-16,21,24-25H,17-19H2,1-7H3/t21-,24+,25-/m0/s1. The van der Waals surface area contributed by atoms with Crippen LogP contribution in [0.15, 0.2) is 59.5 Å². The van der Waals surface area contributed by atoms with Crippen molar-refractivity contribution in [1.82, 2.24) is 4.90 Å². The van der Waals surface area contributed by atoms with Crippen molar-refractivity contribution in [3.8, 4) is 0 Å². The average molecular weight is 534 g/mol. The molecule has 0 bridgehead atoms. The van der Waals surface area contributed by atoms with Gasteiger partial charge >= 0.3 is 6.09 Å². The van der Waals surface area contributed by atoms with Crippen molar-refractivity contribution >= 4 is 16.2 Å². The first-order valence-electron chi connectivity index (χ1n) is 12.5. The predicted octanol–water partition coefficient (Wildman–Crippen LogP) is 5.29. The smallest absolute Gasteiger partial charge is 0.412 e. The molecule has 1 fully saturated rings. The van der Waals surface area contributed by atoms with Crippen LogP contribution in [-0.2, 0) is 35.1 Å². The topological polar surface area (TPSA) is 91.4 Å². The molecule has 3 atom stereocenters. The fourth-order valence-electron chi connectivity index (χ4n) is 4.23. The van der Waals surface area contributed by atoms with Gasteiger partial charge in [-0.2, -0.15) is 8.42 Å². The molecule has 0 aromatic heterocycles. The first-order valence-corrected chi connectivity index (χ1v) is 13.9. The van der Waals surface area contributed by atoms with Crippen LogP contribution in [-0.4, -0.2) is 56.1 Å². The van der Waals surface area contributed by atoms with E-state index in [1.165, 1.54) is 12.1 Å². The molecular weight excluding hydrogens is 494 g/mol. The molecule has 0 aliphatic carbocycles. The van der Waals surface area contributed by atoms with E-state index in [-0.39, 0.29) is 24.7 Å². The maximum Gasteiger partial charge on any atom is 0.412 e. The number of hydrogen-bond acceptors (Lipinski definition) is 7. The van der Waals surface area contributed by atoms with E-state index in [9.17, 15) is 13.2 Å². The molecule has 2 aromatic rings. The van der Waals surface area contributed by atoms with E-state index in [2.05, 4.69) is 0 Å². The van der Waals surface area contributed by atoms with E-state index >= 15 is 0 Å². The molecule has 0 N–H and O–H groups in total. The second kappa shape index (κ2) is 11.5. The lowest BCUT2D eigenvalue weighted by molar-refractivity contribution is -0.0834. The Kier molecular flexibility index (Phi) is 9.06. The van der Waals surface area contributed by atoms with Gasteiger partial charge in [-0.3, -0.25) is 9.08 Å². The number of carbonyl (C=O) groups is 1. The fraction of sp³-hybridized carbons (Fsp3) is 0.536. The van der Waals surface area contributed by atoms with Crippen LogP contribution in [0.5, 0.6) is 0 Å². The zero-order valence-electron chi connectivity index (χ0n) is 22.8. The molecule has 0 unspecified atom stereocenters. The lowest BCUT2D eigenvalue weighted by atomic mass is 9.97. The van der Waals surface area contributed by atoms with Crippen molar-refractivity contribution in [2.45, 2.75) is 83.4 Å². The summed E-state index contributed by atoms with van der Waals surface area (Å²) in [5.41, 5.74) is 0.274. The van der Waals surface area contributed by atoms with Crippen molar-refractivity contribution < 1.29 is 31.6 Å². The highest BCUT2D eigenvalue weighted by molar-refractivity contribution is 7.86. The molecule has 37 heavy (non-hydrogen) atoms. The van der Waals surface area contributed by atoms with Crippen LogP contribution in [0.4, 0.5) is 4.79 Å². The molecule has 0 radical (unpaired) electrons. The van der Waals surface area contributed by atoms with E-state index in [4.69, 9.17) is 18.4 Å². The van der Waals surface area contributed by atoms with Gasteiger partial charge in [0.2, 0.25) is 0 Å². The Bertz CT molecular complexity index is 1140. The lowest BCUT2D eigenvalue weighted by Crippen LogP contribution is -2.55. The van der Waals surface area contributed by atoms with Crippen LogP contribution in [0.3, 0.4) is 0 Å². The Labute approximate surface area is 221 Å². The zero-order valence-corrected chi connectivity index (χ0v) is 23.6. The molecule has 1 aliphatic rings. The molecule has 1 saturated heterocycles. The van der Waals surface area contributed by atoms with Crippen molar-refractivity contribution in [2.24, 2.45) is 5.92 Å². The Morgan fingerprint density at radius 1 is 1.11 bits per heavy atom. The van der Waals surface area contributed by atoms with Gasteiger partial charge in [-0.1, -0.05) is 55.0 Å². The van der Waals surface area contributed by atoms with Crippen molar-refractivity contribution in [2.75, 3.05) is 13.2 Å². The molecule has 204 valence electrons. The number of amides is 1. The summed E-state index contributed by atoms with van der Waals surface area (Å²) in [6.07, 6.45) is -1.11. The quantitative estimate of drug-likeness (QED) is 0.404. The zero-order chi connectivity index (χ0) is 27.4. The number of nitrogens with zero attached hydrogens (tertiary/aromatic N) is 1. The van der Waals surface area contributed by atoms with Crippen LogP contribution in [0.1, 0.15) is 52.7 Å². The van der Waals surface area contributed by atoms with Gasteiger partial charge < -0.3 is 14.2 Å². The van der Waals surface area contributed by atoms with Gasteiger partial charge in [-0.15, -0.1) is 0 Å². The highest BCUT2D eigenvalue weighted by atomic mass is 32.2. The minimum absolute atomic E-state index is 0.0905. The van der Waals surface area contributed by atoms with Gasteiger partial charge in [0.15, 0.2) is 0 Å². The maximum absolute atomic E-state index is 13.3. The molecule has 3 rings (SSSR count). The number of ether oxygens (including phenoxy) is 3. The predicted molar refractivity (Wildman–Crippen MR) is 140 cm³/mol. The Morgan fingerprint density at radius 2 is 1.73 bits per heavy atom. The molecule has 8 nitrogen and oxygen atoms in total. The fourth-order valence-corrected chi connectivity index (χ4v) is 5.23. The summed E-state index contributed by atoms with van der Waals surface area (Å²) in [4.78, 5) is 14.9. The number of hydrogen-bond donors (Lipinski definition) is 0. The summed E-state index contributed by atoms with van der Waals surface area (Å²) < 4.78 is 49.2. The molecule has 1 amide bonds. The number of carbonyl (C=O) groups excluding carboxylic acids is 1. The molecule has 2 aromatic carbocycles. The number of benzene rings is 2. The van der Waals surface area contributed by atoms with E-state index in [1.807, 2.05) is 44.2 Å². The minimum Gasteiger partial charge on any atom is -0.444 e. The second-order valence-electron chi connectivity index (χ2n) is 11.0. The third kappa shape index (κ3) is 7.77. The third-order valence-electron chi connectivity index (χ3n) is 6.13. The van der Waals surface area contributed by atoms with Gasteiger partial charge in [-0.05, 0) is 59.2 Å². The second-order valence-corrected chi connectivity index (χ2v) is 12.6. The van der Waals surface area contributed by atoms with Crippen LogP contribution >= 0.6 is 0 Å². The summed E-state index contributed by atoms with van der Waals surface area (Å²) in [5, 5.41) is 0. The molecule has 0 spiro atoms. The third-order valence-corrected chi connectivity index (χ3v) is 7.43. The van der Waals surface area contributed by atoms with Gasteiger partial charge in [0, 0.05) is 5.92 Å². The number of aryl methyl sites for hydroxylation is 1. The van der Waals surface area contributed by atoms with Crippen LogP contribution in [0.25, 0.3) is 0 Å². The highest BCUT2D eigenvalue weighted by Crippen LogP contribution is 2.34. The monoisotopic (exact) mass is 533 g/mol. The SMILES string of the molecule is Cc1ccc(S(=O)(=O)OC[C@H](C)[C@H](OCc2ccccc2)[C@H]2COC(C)(C)N2C(=O)OC(C)(C)C)cc1. The summed E-state index contributed by atoms with van der Waals surface area (Å²) in [6, 6.07) is 15.6. The molecule has 1 heterocycles. The highest BCUT2D eigenvalue weighted by Gasteiger charge is 2.50. The molecule has 1 aliphatic heterocycles. The Balaban J connectivity index is 1.84. The summed E-state index contributed by atoms with van der Waals surface area (Å²) in [7, 11) is -3.97. The molecular formula is C28H39NO7S. The van der Waals surface area contributed by atoms with Crippen molar-refractivity contribution in [1.29, 1.82) is 0 Å². The summed E-state index contributed by atoms with van der Waals surface area (Å²) in [6.45, 7) is 13.1. The van der Waals surface area contributed by atoms with Gasteiger partial charge in [-0.25, -0.2) is 4.79 Å². The van der Waals surface area contributed by atoms with Gasteiger partial charge in [0.05, 0.1) is 36.9 Å². The molecule has 0 saturated carbocycles. The normalized spacial score (nSPS) is 19.4. The first kappa shape index (κ1) is 29.1. The summed E-state index contributed by atoms with van der Waals surface area (Å²) >= 11 is 0. The maximum atomic E-state index is 13.3. The van der Waals surface area contributed by atoms with Crippen LogP contribution < -0.4 is 0 Å². The van der Waals surface area contributed by atoms with E-state index < -0.39 is 45.6 Å². The van der Waals surface area contributed by atoms with Crippen LogP contribution in [0, 0.1) is 12.8 Å². The summed E-state index contributed by atoms with van der Waals surface area (Å²) in [5.74, 6) is -0.406. The average Bonchev–Trinajstić information content (AvgIpc) is 3.12. The first-order chi connectivity index (χ1) is 17.2. The largest absolute Gasteiger partial charge is 0.444 e. The Hall–Kier alpha value is -2.46. The number of rotatable bonds is 9. The molecule has 9 heteroatoms. The van der Waals surface area contributed by atoms with E-state index in [0.29, 0.717) is 0 Å². The van der Waals surface area contributed by atoms with Gasteiger partial charge in [0.1, 0.15) is 11.3 Å². The lowest BCUT2D eigenvalue weighted by Gasteiger charge is -2.39. The van der Waals surface area contributed by atoms with E-state index in [0.717, 1.165) is 11.1 Å².